The van der Waals surface area contributed by atoms with Crippen molar-refractivity contribution in [3.8, 4) is 11.3 Å². The number of ether oxygens (including phenoxy) is 1. The van der Waals surface area contributed by atoms with Crippen LogP contribution in [-0.2, 0) is 17.8 Å². The molecule has 0 fully saturated rings. The van der Waals surface area contributed by atoms with E-state index in [0.29, 0.717) is 24.3 Å². The molecule has 0 amide bonds. The number of hydrogen-bond acceptors (Lipinski definition) is 5. The molecule has 0 aromatic carbocycles. The third kappa shape index (κ3) is 2.69. The predicted octanol–water partition coefficient (Wildman–Crippen LogP) is 0.895. The van der Waals surface area contributed by atoms with Crippen molar-refractivity contribution < 1.29 is 14.6 Å². The monoisotopic (exact) mass is 279 g/mol. The molecule has 2 aromatic heterocycles. The normalized spacial score (nSPS) is 12.6. The molecular formula is C12H17N5O3. The summed E-state index contributed by atoms with van der Waals surface area (Å²) in [5.74, 6) is -1.11. The second-order valence-electron chi connectivity index (χ2n) is 4.40. The molecule has 2 aromatic rings. The molecule has 1 unspecified atom stereocenters. The summed E-state index contributed by atoms with van der Waals surface area (Å²) in [6.45, 7) is 4.96. The van der Waals surface area contributed by atoms with Crippen molar-refractivity contribution in [1.29, 1.82) is 0 Å². The van der Waals surface area contributed by atoms with Gasteiger partial charge in [0.2, 0.25) is 0 Å². The van der Waals surface area contributed by atoms with Crippen LogP contribution in [-0.4, -0.2) is 49.1 Å². The number of carboxylic acids is 1. The van der Waals surface area contributed by atoms with Gasteiger partial charge in [-0.3, -0.25) is 4.68 Å². The molecule has 2 heterocycles. The third-order valence-electron chi connectivity index (χ3n) is 3.00. The van der Waals surface area contributed by atoms with Crippen molar-refractivity contribution in [1.82, 2.24) is 24.8 Å². The van der Waals surface area contributed by atoms with Crippen molar-refractivity contribution in [3.05, 3.63) is 18.1 Å². The highest BCUT2D eigenvalue weighted by molar-refractivity contribution is 5.92. The lowest BCUT2D eigenvalue weighted by Crippen LogP contribution is -2.17. The van der Waals surface area contributed by atoms with E-state index in [1.54, 1.807) is 24.2 Å². The first-order chi connectivity index (χ1) is 9.56. The highest BCUT2D eigenvalue weighted by Gasteiger charge is 2.22. The maximum absolute atomic E-state index is 11.3. The van der Waals surface area contributed by atoms with Gasteiger partial charge >= 0.3 is 5.97 Å². The van der Waals surface area contributed by atoms with E-state index in [0.717, 1.165) is 0 Å². The molecule has 2 rings (SSSR count). The number of aryl methyl sites for hydroxylation is 1. The molecule has 0 saturated carbocycles. The molecule has 1 atom stereocenters. The Balaban J connectivity index is 2.46. The number of carboxylic acid groups (broad SMARTS) is 1. The number of nitrogens with zero attached hydrogens (tertiary/aromatic N) is 5. The average molecular weight is 279 g/mol. The highest BCUT2D eigenvalue weighted by atomic mass is 16.5. The minimum Gasteiger partial charge on any atom is -0.476 e. The molecule has 0 aliphatic carbocycles. The number of aromatic nitrogens is 5. The Bertz CT molecular complexity index is 604. The van der Waals surface area contributed by atoms with Crippen LogP contribution < -0.4 is 0 Å². The van der Waals surface area contributed by atoms with E-state index < -0.39 is 5.97 Å². The van der Waals surface area contributed by atoms with Gasteiger partial charge in [-0.15, -0.1) is 5.10 Å². The summed E-state index contributed by atoms with van der Waals surface area (Å²) in [7, 11) is 1.59. The van der Waals surface area contributed by atoms with Gasteiger partial charge in [-0.05, 0) is 13.8 Å². The van der Waals surface area contributed by atoms with Crippen molar-refractivity contribution in [2.45, 2.75) is 33.0 Å². The Kier molecular flexibility index (Phi) is 4.14. The minimum absolute atomic E-state index is 0.0797. The van der Waals surface area contributed by atoms with Crippen LogP contribution in [0.3, 0.4) is 0 Å². The minimum atomic E-state index is -1.11. The molecule has 108 valence electrons. The van der Waals surface area contributed by atoms with Crippen molar-refractivity contribution in [3.63, 3.8) is 0 Å². The lowest BCUT2D eigenvalue weighted by molar-refractivity contribution is 0.0691. The van der Waals surface area contributed by atoms with Gasteiger partial charge in [-0.2, -0.15) is 5.10 Å². The largest absolute Gasteiger partial charge is 0.476 e. The Morgan fingerprint density at radius 1 is 1.55 bits per heavy atom. The SMILES string of the molecule is CCn1cc(-c2c(C(=O)O)nnn2CC(C)OC)cn1. The Labute approximate surface area is 116 Å². The van der Waals surface area contributed by atoms with Gasteiger partial charge in [0.25, 0.3) is 0 Å². The fraction of sp³-hybridized carbons (Fsp3) is 0.500. The van der Waals surface area contributed by atoms with Gasteiger partial charge in [0.1, 0.15) is 5.69 Å². The maximum atomic E-state index is 11.3. The fourth-order valence-corrected chi connectivity index (χ4v) is 1.85. The Morgan fingerprint density at radius 2 is 2.30 bits per heavy atom. The van der Waals surface area contributed by atoms with Crippen molar-refractivity contribution in [2.75, 3.05) is 7.11 Å². The van der Waals surface area contributed by atoms with Crippen LogP contribution in [0.5, 0.6) is 0 Å². The quantitative estimate of drug-likeness (QED) is 0.844. The number of hydrogen-bond donors (Lipinski definition) is 1. The molecular weight excluding hydrogens is 262 g/mol. The second kappa shape index (κ2) is 5.83. The molecule has 0 spiro atoms. The number of aromatic carboxylic acids is 1. The lowest BCUT2D eigenvalue weighted by atomic mass is 10.2. The van der Waals surface area contributed by atoms with Gasteiger partial charge in [0, 0.05) is 25.4 Å². The molecule has 0 aliphatic rings. The number of rotatable bonds is 6. The summed E-state index contributed by atoms with van der Waals surface area (Å²) < 4.78 is 8.44. The first kappa shape index (κ1) is 14.2. The van der Waals surface area contributed by atoms with E-state index >= 15 is 0 Å². The van der Waals surface area contributed by atoms with Crippen LogP contribution in [0.2, 0.25) is 0 Å². The average Bonchev–Trinajstić information content (AvgIpc) is 3.04. The van der Waals surface area contributed by atoms with Gasteiger partial charge < -0.3 is 9.84 Å². The van der Waals surface area contributed by atoms with Gasteiger partial charge in [0.05, 0.1) is 18.8 Å². The molecule has 8 heteroatoms. The zero-order valence-corrected chi connectivity index (χ0v) is 11.6. The van der Waals surface area contributed by atoms with E-state index in [4.69, 9.17) is 4.74 Å². The molecule has 0 aliphatic heterocycles. The smallest absolute Gasteiger partial charge is 0.358 e. The van der Waals surface area contributed by atoms with Crippen LogP contribution in [0.15, 0.2) is 12.4 Å². The van der Waals surface area contributed by atoms with Gasteiger partial charge in [-0.1, -0.05) is 5.21 Å². The van der Waals surface area contributed by atoms with Crippen LogP contribution >= 0.6 is 0 Å². The van der Waals surface area contributed by atoms with Crippen molar-refractivity contribution >= 4 is 5.97 Å². The summed E-state index contributed by atoms with van der Waals surface area (Å²) in [5, 5.41) is 21.0. The summed E-state index contributed by atoms with van der Waals surface area (Å²) in [6.07, 6.45) is 3.29. The topological polar surface area (TPSA) is 95.1 Å². The van der Waals surface area contributed by atoms with E-state index in [1.165, 1.54) is 4.68 Å². The van der Waals surface area contributed by atoms with Gasteiger partial charge in [0.15, 0.2) is 5.69 Å². The van der Waals surface area contributed by atoms with E-state index in [1.807, 2.05) is 13.8 Å². The summed E-state index contributed by atoms with van der Waals surface area (Å²) >= 11 is 0. The molecule has 0 radical (unpaired) electrons. The van der Waals surface area contributed by atoms with Crippen LogP contribution in [0.4, 0.5) is 0 Å². The number of methoxy groups -OCH3 is 1. The summed E-state index contributed by atoms with van der Waals surface area (Å²) in [5.41, 5.74) is 1.04. The highest BCUT2D eigenvalue weighted by Crippen LogP contribution is 2.22. The fourth-order valence-electron chi connectivity index (χ4n) is 1.85. The van der Waals surface area contributed by atoms with E-state index in [-0.39, 0.29) is 11.8 Å². The number of carbonyl (C=O) groups is 1. The van der Waals surface area contributed by atoms with Crippen LogP contribution in [0.1, 0.15) is 24.3 Å². The summed E-state index contributed by atoms with van der Waals surface area (Å²) in [4.78, 5) is 11.3. The standard InChI is InChI=1S/C12H17N5O3/c1-4-16-7-9(5-13-16)11-10(12(18)19)14-15-17(11)6-8(2)20-3/h5,7-8H,4,6H2,1-3H3,(H,18,19). The Hall–Kier alpha value is -2.22. The van der Waals surface area contributed by atoms with Crippen LogP contribution in [0, 0.1) is 0 Å². The Morgan fingerprint density at radius 3 is 2.85 bits per heavy atom. The molecule has 0 bridgehead atoms. The third-order valence-corrected chi connectivity index (χ3v) is 3.00. The molecule has 0 saturated heterocycles. The molecule has 1 N–H and O–H groups in total. The van der Waals surface area contributed by atoms with Gasteiger partial charge in [-0.25, -0.2) is 9.48 Å². The zero-order chi connectivity index (χ0) is 14.7. The lowest BCUT2D eigenvalue weighted by Gasteiger charge is -2.10. The van der Waals surface area contributed by atoms with E-state index in [2.05, 4.69) is 15.4 Å². The maximum Gasteiger partial charge on any atom is 0.358 e. The molecule has 8 nitrogen and oxygen atoms in total. The summed E-state index contributed by atoms with van der Waals surface area (Å²) in [6, 6.07) is 0. The second-order valence-corrected chi connectivity index (χ2v) is 4.40. The first-order valence-electron chi connectivity index (χ1n) is 6.29. The first-order valence-corrected chi connectivity index (χ1v) is 6.29. The van der Waals surface area contributed by atoms with Crippen LogP contribution in [0.25, 0.3) is 11.3 Å². The van der Waals surface area contributed by atoms with E-state index in [9.17, 15) is 9.90 Å². The van der Waals surface area contributed by atoms with Crippen molar-refractivity contribution in [2.24, 2.45) is 0 Å². The zero-order valence-electron chi connectivity index (χ0n) is 11.6. The predicted molar refractivity (Wildman–Crippen MR) is 70.3 cm³/mol. The molecule has 20 heavy (non-hydrogen) atoms.